The zero-order valence-corrected chi connectivity index (χ0v) is 15.6. The van der Waals surface area contributed by atoms with Crippen molar-refractivity contribution < 1.29 is 14.3 Å². The van der Waals surface area contributed by atoms with Crippen LogP contribution in [0.5, 0.6) is 0 Å². The van der Waals surface area contributed by atoms with Crippen LogP contribution >= 0.6 is 11.6 Å². The van der Waals surface area contributed by atoms with Crippen molar-refractivity contribution >= 4 is 35.1 Å². The summed E-state index contributed by atoms with van der Waals surface area (Å²) in [6, 6.07) is 9.66. The maximum Gasteiger partial charge on any atom is 0.337 e. The summed E-state index contributed by atoms with van der Waals surface area (Å²) >= 11 is 6.11. The van der Waals surface area contributed by atoms with Crippen LogP contribution in [0.1, 0.15) is 26.4 Å². The molecule has 0 bridgehead atoms. The Labute approximate surface area is 166 Å². The Balaban J connectivity index is 1.72. The topological polar surface area (TPSA) is 106 Å². The van der Waals surface area contributed by atoms with Crippen LogP contribution in [0.25, 0.3) is 0 Å². The van der Waals surface area contributed by atoms with Crippen LogP contribution in [0.3, 0.4) is 0 Å². The van der Waals surface area contributed by atoms with Gasteiger partial charge in [0.2, 0.25) is 5.95 Å². The molecular weight excluding hydrogens is 382 g/mol. The lowest BCUT2D eigenvalue weighted by Gasteiger charge is -2.09. The number of carbonyl (C=O) groups is 2. The Bertz CT molecular complexity index is 998. The van der Waals surface area contributed by atoms with E-state index in [-0.39, 0.29) is 22.0 Å². The molecule has 8 nitrogen and oxygen atoms in total. The molecule has 28 heavy (non-hydrogen) atoms. The van der Waals surface area contributed by atoms with Gasteiger partial charge in [0.15, 0.2) is 0 Å². The van der Waals surface area contributed by atoms with Crippen molar-refractivity contribution in [2.75, 3.05) is 17.7 Å². The second kappa shape index (κ2) is 8.92. The number of methoxy groups -OCH3 is 1. The number of nitrogens with zero attached hydrogens (tertiary/aromatic N) is 3. The molecule has 0 saturated carbocycles. The van der Waals surface area contributed by atoms with Gasteiger partial charge in [-0.05, 0) is 35.9 Å². The summed E-state index contributed by atoms with van der Waals surface area (Å²) in [5.41, 5.74) is 1.64. The van der Waals surface area contributed by atoms with E-state index in [0.29, 0.717) is 12.5 Å². The molecule has 0 saturated heterocycles. The molecular formula is C19H16ClN5O3. The first-order valence-corrected chi connectivity index (χ1v) is 8.59. The highest BCUT2D eigenvalue weighted by Crippen LogP contribution is 2.24. The molecule has 1 amide bonds. The first-order valence-electron chi connectivity index (χ1n) is 8.22. The summed E-state index contributed by atoms with van der Waals surface area (Å²) in [5.74, 6) is -0.724. The summed E-state index contributed by atoms with van der Waals surface area (Å²) in [6.07, 6.45) is 4.88. The van der Waals surface area contributed by atoms with Crippen molar-refractivity contribution in [1.29, 1.82) is 0 Å². The zero-order chi connectivity index (χ0) is 19.9. The van der Waals surface area contributed by atoms with Gasteiger partial charge in [-0.1, -0.05) is 17.7 Å². The first kappa shape index (κ1) is 19.2. The molecule has 2 heterocycles. The van der Waals surface area contributed by atoms with Crippen LogP contribution in [0.4, 0.5) is 11.6 Å². The van der Waals surface area contributed by atoms with Crippen molar-refractivity contribution in [1.82, 2.24) is 15.0 Å². The number of nitrogens with one attached hydrogen (secondary N) is 2. The highest BCUT2D eigenvalue weighted by molar-refractivity contribution is 6.34. The van der Waals surface area contributed by atoms with Gasteiger partial charge in [0, 0.05) is 25.1 Å². The van der Waals surface area contributed by atoms with Gasteiger partial charge in [0.05, 0.1) is 23.4 Å². The molecule has 2 N–H and O–H groups in total. The van der Waals surface area contributed by atoms with Crippen LogP contribution in [0, 0.1) is 0 Å². The van der Waals surface area contributed by atoms with E-state index in [1.165, 1.54) is 37.6 Å². The van der Waals surface area contributed by atoms with E-state index in [9.17, 15) is 9.59 Å². The lowest BCUT2D eigenvalue weighted by atomic mass is 10.2. The number of pyridine rings is 1. The number of halogens is 1. The van der Waals surface area contributed by atoms with Gasteiger partial charge in [-0.2, -0.15) is 0 Å². The zero-order valence-electron chi connectivity index (χ0n) is 14.8. The SMILES string of the molecule is COC(=O)c1ccc(Cl)c(NC(=O)c2ccnc(NCc3cccnc3)n2)c1. The third-order valence-corrected chi connectivity index (χ3v) is 4.03. The molecule has 142 valence electrons. The third kappa shape index (κ3) is 4.80. The van der Waals surface area contributed by atoms with Crippen LogP contribution in [-0.4, -0.2) is 33.9 Å². The minimum atomic E-state index is -0.531. The molecule has 0 aliphatic heterocycles. The molecule has 2 aromatic heterocycles. The molecule has 0 spiro atoms. The summed E-state index contributed by atoms with van der Waals surface area (Å²) in [4.78, 5) is 36.5. The van der Waals surface area contributed by atoms with Gasteiger partial charge in [0.25, 0.3) is 5.91 Å². The number of ether oxygens (including phenoxy) is 1. The second-order valence-corrected chi connectivity index (χ2v) is 6.03. The molecule has 0 unspecified atom stereocenters. The van der Waals surface area contributed by atoms with E-state index in [1.54, 1.807) is 12.4 Å². The summed E-state index contributed by atoms with van der Waals surface area (Å²) < 4.78 is 4.67. The number of amides is 1. The minimum Gasteiger partial charge on any atom is -0.465 e. The number of aromatic nitrogens is 3. The standard InChI is InChI=1S/C19H16ClN5O3/c1-28-18(27)13-4-5-14(20)16(9-13)24-17(26)15-6-8-22-19(25-15)23-11-12-3-2-7-21-10-12/h2-10H,11H2,1H3,(H,24,26)(H,22,23,25). The summed E-state index contributed by atoms with van der Waals surface area (Å²) in [6.45, 7) is 0.464. The van der Waals surface area contributed by atoms with E-state index in [2.05, 4.69) is 30.3 Å². The van der Waals surface area contributed by atoms with E-state index >= 15 is 0 Å². The fraction of sp³-hybridized carbons (Fsp3) is 0.105. The van der Waals surface area contributed by atoms with Gasteiger partial charge in [-0.25, -0.2) is 14.8 Å². The predicted molar refractivity (Wildman–Crippen MR) is 104 cm³/mol. The molecule has 3 aromatic rings. The normalized spacial score (nSPS) is 10.2. The predicted octanol–water partition coefficient (Wildman–Crippen LogP) is 3.18. The highest BCUT2D eigenvalue weighted by Gasteiger charge is 2.14. The number of anilines is 2. The number of hydrogen-bond donors (Lipinski definition) is 2. The van der Waals surface area contributed by atoms with Crippen LogP contribution in [0.2, 0.25) is 5.02 Å². The van der Waals surface area contributed by atoms with E-state index in [1.807, 2.05) is 12.1 Å². The number of hydrogen-bond acceptors (Lipinski definition) is 7. The van der Waals surface area contributed by atoms with Crippen molar-refractivity contribution in [2.45, 2.75) is 6.54 Å². The lowest BCUT2D eigenvalue weighted by Crippen LogP contribution is -2.16. The van der Waals surface area contributed by atoms with E-state index < -0.39 is 11.9 Å². The molecule has 1 aromatic carbocycles. The smallest absolute Gasteiger partial charge is 0.337 e. The quantitative estimate of drug-likeness (QED) is 0.615. The maximum atomic E-state index is 12.5. The molecule has 0 radical (unpaired) electrons. The van der Waals surface area contributed by atoms with Crippen molar-refractivity contribution in [3.63, 3.8) is 0 Å². The average molecular weight is 398 g/mol. The van der Waals surface area contributed by atoms with Crippen LogP contribution in [-0.2, 0) is 11.3 Å². The minimum absolute atomic E-state index is 0.142. The number of esters is 1. The van der Waals surface area contributed by atoms with Gasteiger partial charge in [-0.3, -0.25) is 9.78 Å². The Hall–Kier alpha value is -3.52. The maximum absolute atomic E-state index is 12.5. The van der Waals surface area contributed by atoms with Gasteiger partial charge in [0.1, 0.15) is 5.69 Å². The Morgan fingerprint density at radius 3 is 2.79 bits per heavy atom. The van der Waals surface area contributed by atoms with Crippen molar-refractivity contribution in [2.24, 2.45) is 0 Å². The number of benzene rings is 1. The molecule has 3 rings (SSSR count). The van der Waals surface area contributed by atoms with Crippen LogP contribution in [0.15, 0.2) is 55.0 Å². The first-order chi connectivity index (χ1) is 13.6. The largest absolute Gasteiger partial charge is 0.465 e. The third-order valence-electron chi connectivity index (χ3n) is 3.70. The Kier molecular flexibility index (Phi) is 6.13. The Morgan fingerprint density at radius 1 is 1.18 bits per heavy atom. The summed E-state index contributed by atoms with van der Waals surface area (Å²) in [5, 5.41) is 5.96. The second-order valence-electron chi connectivity index (χ2n) is 5.62. The molecule has 0 fully saturated rings. The van der Waals surface area contributed by atoms with Crippen molar-refractivity contribution in [3.05, 3.63) is 76.8 Å². The van der Waals surface area contributed by atoms with Crippen molar-refractivity contribution in [3.8, 4) is 0 Å². The van der Waals surface area contributed by atoms with Gasteiger partial charge < -0.3 is 15.4 Å². The Morgan fingerprint density at radius 2 is 2.04 bits per heavy atom. The monoisotopic (exact) mass is 397 g/mol. The lowest BCUT2D eigenvalue weighted by molar-refractivity contribution is 0.0600. The summed E-state index contributed by atoms with van der Waals surface area (Å²) in [7, 11) is 1.27. The molecule has 9 heteroatoms. The number of rotatable bonds is 6. The van der Waals surface area contributed by atoms with E-state index in [4.69, 9.17) is 11.6 Å². The number of carbonyl (C=O) groups excluding carboxylic acids is 2. The van der Waals surface area contributed by atoms with E-state index in [0.717, 1.165) is 5.56 Å². The molecule has 0 atom stereocenters. The highest BCUT2D eigenvalue weighted by atomic mass is 35.5. The molecule has 0 aliphatic rings. The average Bonchev–Trinajstić information content (AvgIpc) is 2.74. The molecule has 0 aliphatic carbocycles. The fourth-order valence-electron chi connectivity index (χ4n) is 2.31. The van der Waals surface area contributed by atoms with Gasteiger partial charge >= 0.3 is 5.97 Å². The van der Waals surface area contributed by atoms with Crippen LogP contribution < -0.4 is 10.6 Å². The fourth-order valence-corrected chi connectivity index (χ4v) is 2.47. The van der Waals surface area contributed by atoms with Gasteiger partial charge in [-0.15, -0.1) is 0 Å².